The van der Waals surface area contributed by atoms with Gasteiger partial charge in [0.25, 0.3) is 0 Å². The third-order valence-electron chi connectivity index (χ3n) is 7.44. The number of nitrogens with one attached hydrogen (secondary N) is 1. The van der Waals surface area contributed by atoms with Crippen LogP contribution in [0.15, 0.2) is 24.3 Å². The highest BCUT2D eigenvalue weighted by atomic mass is 16.5. The van der Waals surface area contributed by atoms with Crippen LogP contribution in [-0.4, -0.2) is 59.5 Å². The largest absolute Gasteiger partial charge is 0.494 e. The number of aliphatic hydroxyl groups excluding tert-OH is 1. The number of piperidine rings is 1. The Morgan fingerprint density at radius 2 is 1.89 bits per heavy atom. The van der Waals surface area contributed by atoms with Crippen LogP contribution < -0.4 is 9.64 Å². The van der Waals surface area contributed by atoms with Crippen LogP contribution in [0.1, 0.15) is 85.2 Å². The highest BCUT2D eigenvalue weighted by molar-refractivity contribution is 6.05. The number of methoxy groups -OCH3 is 1. The van der Waals surface area contributed by atoms with E-state index in [1.54, 1.807) is 7.11 Å². The molecule has 186 valence electrons. The number of aliphatic hydroxyl groups is 1. The van der Waals surface area contributed by atoms with Crippen molar-refractivity contribution in [2.45, 2.75) is 70.4 Å². The van der Waals surface area contributed by atoms with Crippen LogP contribution in [0.25, 0.3) is 0 Å². The molecule has 0 bridgehead atoms. The van der Waals surface area contributed by atoms with Crippen LogP contribution in [0.4, 0.5) is 5.69 Å². The molecule has 3 heterocycles. The monoisotopic (exact) mass is 476 g/mol. The minimum Gasteiger partial charge on any atom is -0.494 e. The molecule has 1 saturated heterocycles. The maximum Gasteiger partial charge on any atom is 0.182 e. The van der Waals surface area contributed by atoms with Gasteiger partial charge in [0.1, 0.15) is 17.3 Å². The molecule has 0 unspecified atom stereocenters. The zero-order valence-corrected chi connectivity index (χ0v) is 21.2. The molecular formula is C28H36N4O3. The van der Waals surface area contributed by atoms with Crippen molar-refractivity contribution < 1.29 is 14.6 Å². The van der Waals surface area contributed by atoms with E-state index in [9.17, 15) is 9.90 Å². The van der Waals surface area contributed by atoms with E-state index in [4.69, 9.17) is 15.1 Å². The summed E-state index contributed by atoms with van der Waals surface area (Å²) in [5, 5.41) is 18.7. The topological polar surface area (TPSA) is 89.8 Å². The van der Waals surface area contributed by atoms with Gasteiger partial charge in [-0.25, -0.2) is 4.98 Å². The van der Waals surface area contributed by atoms with Crippen molar-refractivity contribution in [3.05, 3.63) is 52.3 Å². The molecule has 5 rings (SSSR count). The Balaban J connectivity index is 1.43. The number of Topliss-reactive ketones (excluding diaryl/α,β-unsaturated/α-hetero) is 1. The molecule has 1 aromatic heterocycles. The number of hydrogen-bond donors (Lipinski definition) is 2. The molecule has 35 heavy (non-hydrogen) atoms. The summed E-state index contributed by atoms with van der Waals surface area (Å²) in [5.41, 5.74) is 5.12. The Morgan fingerprint density at radius 1 is 1.17 bits per heavy atom. The minimum absolute atomic E-state index is 0.0172. The number of aromatic nitrogens is 1. The van der Waals surface area contributed by atoms with E-state index < -0.39 is 0 Å². The highest BCUT2D eigenvalue weighted by Crippen LogP contribution is 2.42. The maximum absolute atomic E-state index is 13.6. The first kappa shape index (κ1) is 23.8. The predicted molar refractivity (Wildman–Crippen MR) is 137 cm³/mol. The molecule has 2 aliphatic heterocycles. The molecule has 2 aromatic rings. The third kappa shape index (κ3) is 4.66. The van der Waals surface area contributed by atoms with Gasteiger partial charge in [-0.2, -0.15) is 0 Å². The first-order valence-electron chi connectivity index (χ1n) is 12.7. The van der Waals surface area contributed by atoms with Crippen LogP contribution in [0.3, 0.4) is 0 Å². The summed E-state index contributed by atoms with van der Waals surface area (Å²) in [4.78, 5) is 22.4. The van der Waals surface area contributed by atoms with Crippen LogP contribution in [0.2, 0.25) is 0 Å². The summed E-state index contributed by atoms with van der Waals surface area (Å²) in [5.74, 6) is 1.65. The van der Waals surface area contributed by atoms with Crippen LogP contribution >= 0.6 is 0 Å². The Kier molecular flexibility index (Phi) is 6.08. The molecule has 0 spiro atoms. The average molecular weight is 477 g/mol. The summed E-state index contributed by atoms with van der Waals surface area (Å²) in [6.45, 7) is 8.50. The molecule has 3 aliphatic rings. The number of carbonyl (C=O) groups is 1. The van der Waals surface area contributed by atoms with Gasteiger partial charge < -0.3 is 19.6 Å². The van der Waals surface area contributed by atoms with Crippen LogP contribution in [0, 0.1) is 5.41 Å². The molecule has 0 radical (unpaired) electrons. The molecule has 1 aliphatic carbocycles. The van der Waals surface area contributed by atoms with E-state index in [-0.39, 0.29) is 23.8 Å². The number of pyridine rings is 1. The number of ether oxygens (including phenoxy) is 1. The quantitative estimate of drug-likeness (QED) is 0.606. The van der Waals surface area contributed by atoms with E-state index in [1.165, 1.54) is 12.8 Å². The van der Waals surface area contributed by atoms with Gasteiger partial charge in [-0.15, -0.1) is 0 Å². The summed E-state index contributed by atoms with van der Waals surface area (Å²) in [6, 6.07) is 8.04. The third-order valence-corrected chi connectivity index (χ3v) is 7.44. The number of fused-ring (bicyclic) bond motifs is 1. The zero-order chi connectivity index (χ0) is 24.9. The minimum atomic E-state index is -0.277. The number of hydrogen-bond acceptors (Lipinski definition) is 6. The second kappa shape index (κ2) is 8.94. The lowest BCUT2D eigenvalue weighted by Gasteiger charge is -2.35. The van der Waals surface area contributed by atoms with Gasteiger partial charge in [-0.1, -0.05) is 26.8 Å². The van der Waals surface area contributed by atoms with E-state index in [1.807, 2.05) is 17.0 Å². The predicted octanol–water partition coefficient (Wildman–Crippen LogP) is 4.25. The fraction of sp³-hybridized carbons (Fsp3) is 0.536. The van der Waals surface area contributed by atoms with Crippen molar-refractivity contribution in [2.24, 2.45) is 0 Å². The SMILES string of the molecule is COc1c(N2CCC(O)CC2)cc(C(=O)CN2Cc3ccc(C4CC4)nc3C2=N)cc1C(C)(C)C. The van der Waals surface area contributed by atoms with E-state index in [0.29, 0.717) is 36.7 Å². The summed E-state index contributed by atoms with van der Waals surface area (Å²) < 4.78 is 5.88. The number of nitrogens with zero attached hydrogens (tertiary/aromatic N) is 3. The number of benzene rings is 1. The smallest absolute Gasteiger partial charge is 0.182 e. The van der Waals surface area contributed by atoms with E-state index in [2.05, 4.69) is 37.8 Å². The van der Waals surface area contributed by atoms with Gasteiger partial charge in [-0.3, -0.25) is 10.2 Å². The lowest BCUT2D eigenvalue weighted by molar-refractivity contribution is 0.0962. The first-order valence-corrected chi connectivity index (χ1v) is 12.7. The van der Waals surface area contributed by atoms with Gasteiger partial charge in [0.2, 0.25) is 0 Å². The molecule has 1 aromatic carbocycles. The number of anilines is 1. The molecule has 7 heteroatoms. The van der Waals surface area contributed by atoms with Crippen molar-refractivity contribution in [1.29, 1.82) is 5.41 Å². The van der Waals surface area contributed by atoms with E-state index in [0.717, 1.165) is 47.0 Å². The van der Waals surface area contributed by atoms with E-state index >= 15 is 0 Å². The number of rotatable bonds is 6. The number of amidine groups is 1. The van der Waals surface area contributed by atoms with Crippen molar-refractivity contribution in [2.75, 3.05) is 31.6 Å². The van der Waals surface area contributed by atoms with Gasteiger partial charge in [-0.05, 0) is 49.3 Å². The van der Waals surface area contributed by atoms with Crippen LogP contribution in [-0.2, 0) is 12.0 Å². The molecule has 1 saturated carbocycles. The molecule has 2 N–H and O–H groups in total. The molecule has 0 atom stereocenters. The highest BCUT2D eigenvalue weighted by Gasteiger charge is 2.32. The Hall–Kier alpha value is -2.93. The fourth-order valence-electron chi connectivity index (χ4n) is 5.16. The molecule has 0 amide bonds. The van der Waals surface area contributed by atoms with Gasteiger partial charge in [0.05, 0.1) is 25.4 Å². The van der Waals surface area contributed by atoms with Crippen LogP contribution in [0.5, 0.6) is 5.75 Å². The molecule has 7 nitrogen and oxygen atoms in total. The number of carbonyl (C=O) groups excluding carboxylic acids is 1. The molecule has 2 fully saturated rings. The number of ketones is 1. The Bertz CT molecular complexity index is 1160. The fourth-order valence-corrected chi connectivity index (χ4v) is 5.16. The summed E-state index contributed by atoms with van der Waals surface area (Å²) in [6.07, 6.45) is 3.47. The lowest BCUT2D eigenvalue weighted by Crippen LogP contribution is -2.36. The normalized spacial score (nSPS) is 18.7. The van der Waals surface area contributed by atoms with Gasteiger partial charge in [0, 0.05) is 47.9 Å². The first-order chi connectivity index (χ1) is 16.7. The lowest BCUT2D eigenvalue weighted by atomic mass is 9.84. The average Bonchev–Trinajstić information content (AvgIpc) is 3.63. The zero-order valence-electron chi connectivity index (χ0n) is 21.2. The van der Waals surface area contributed by atoms with Gasteiger partial charge in [0.15, 0.2) is 5.78 Å². The van der Waals surface area contributed by atoms with Crippen molar-refractivity contribution >= 4 is 17.3 Å². The van der Waals surface area contributed by atoms with Crippen molar-refractivity contribution in [1.82, 2.24) is 9.88 Å². The Morgan fingerprint density at radius 3 is 2.51 bits per heavy atom. The maximum atomic E-state index is 13.6. The standard InChI is InChI=1S/C28H36N4O3/c1-28(2,3)21-13-19(14-23(26(21)35-4)31-11-9-20(33)10-12-31)24(34)16-32-15-18-7-8-22(17-5-6-17)30-25(18)27(32)29/h7-8,13-14,17,20,29,33H,5-6,9-12,15-16H2,1-4H3. The summed E-state index contributed by atoms with van der Waals surface area (Å²) >= 11 is 0. The van der Waals surface area contributed by atoms with Gasteiger partial charge >= 0.3 is 0 Å². The van der Waals surface area contributed by atoms with Crippen molar-refractivity contribution in [3.63, 3.8) is 0 Å². The Labute approximate surface area is 207 Å². The van der Waals surface area contributed by atoms with Crippen molar-refractivity contribution in [3.8, 4) is 5.75 Å². The molecular weight excluding hydrogens is 440 g/mol. The second-order valence-corrected chi connectivity index (χ2v) is 11.2. The summed E-state index contributed by atoms with van der Waals surface area (Å²) in [7, 11) is 1.68. The second-order valence-electron chi connectivity index (χ2n) is 11.2.